The van der Waals surface area contributed by atoms with E-state index in [4.69, 9.17) is 14.2 Å². The van der Waals surface area contributed by atoms with E-state index in [9.17, 15) is 18.0 Å². The molecule has 1 aliphatic rings. The summed E-state index contributed by atoms with van der Waals surface area (Å²) in [4.78, 5) is 23.9. The van der Waals surface area contributed by atoms with Gasteiger partial charge in [0.15, 0.2) is 18.1 Å². The summed E-state index contributed by atoms with van der Waals surface area (Å²) in [5, 5.41) is 5.27. The molecule has 0 bridgehead atoms. The van der Waals surface area contributed by atoms with Crippen LogP contribution in [-0.4, -0.2) is 59.0 Å². The van der Waals surface area contributed by atoms with Crippen LogP contribution in [0.5, 0.6) is 17.2 Å². The molecule has 3 rings (SSSR count). The highest BCUT2D eigenvalue weighted by atomic mass is 32.2. The van der Waals surface area contributed by atoms with E-state index in [-0.39, 0.29) is 23.2 Å². The first kappa shape index (κ1) is 22.4. The van der Waals surface area contributed by atoms with Gasteiger partial charge in [-0.3, -0.25) is 9.59 Å². The Labute approximate surface area is 180 Å². The van der Waals surface area contributed by atoms with Crippen molar-refractivity contribution in [3.05, 3.63) is 35.9 Å². The van der Waals surface area contributed by atoms with Gasteiger partial charge < -0.3 is 24.8 Å². The summed E-state index contributed by atoms with van der Waals surface area (Å²) in [6.07, 6.45) is 0. The van der Waals surface area contributed by atoms with Crippen molar-refractivity contribution in [3.63, 3.8) is 0 Å². The third kappa shape index (κ3) is 4.72. The Bertz CT molecular complexity index is 1130. The van der Waals surface area contributed by atoms with Gasteiger partial charge in [0.2, 0.25) is 15.9 Å². The molecule has 0 saturated heterocycles. The second-order valence-electron chi connectivity index (χ2n) is 6.83. The lowest BCUT2D eigenvalue weighted by Gasteiger charge is -2.22. The normalized spacial score (nSPS) is 13.1. The van der Waals surface area contributed by atoms with Gasteiger partial charge in [0.25, 0.3) is 5.91 Å². The number of nitrogens with zero attached hydrogens (tertiary/aromatic N) is 1. The van der Waals surface area contributed by atoms with Crippen molar-refractivity contribution in [2.45, 2.75) is 11.8 Å². The predicted molar refractivity (Wildman–Crippen MR) is 113 cm³/mol. The summed E-state index contributed by atoms with van der Waals surface area (Å²) in [5.74, 6) is 0.343. The molecule has 31 heavy (non-hydrogen) atoms. The fourth-order valence-electron chi connectivity index (χ4n) is 3.06. The van der Waals surface area contributed by atoms with Crippen LogP contribution in [0, 0.1) is 6.92 Å². The number of ether oxygens (including phenoxy) is 3. The number of carbonyl (C=O) groups is 2. The molecule has 166 valence electrons. The Hall–Kier alpha value is -3.31. The summed E-state index contributed by atoms with van der Waals surface area (Å²) in [6, 6.07) is 7.70. The standard InChI is InChI=1S/C20H23N3O7S/c1-12-7-14-16(30-11-20(25)22-14)9-18(12)31(26,27)23(2)10-19(24)21-13-5-6-15(28-3)17(8-13)29-4/h5-9H,10-11H2,1-4H3,(H,21,24)(H,22,25). The Morgan fingerprint density at radius 2 is 1.90 bits per heavy atom. The summed E-state index contributed by atoms with van der Waals surface area (Å²) in [6.45, 7) is 0.995. The van der Waals surface area contributed by atoms with Crippen molar-refractivity contribution in [1.82, 2.24) is 4.31 Å². The van der Waals surface area contributed by atoms with Crippen LogP contribution in [-0.2, 0) is 19.6 Å². The van der Waals surface area contributed by atoms with Crippen LogP contribution in [0.3, 0.4) is 0 Å². The monoisotopic (exact) mass is 449 g/mol. The van der Waals surface area contributed by atoms with E-state index in [1.165, 1.54) is 33.4 Å². The van der Waals surface area contributed by atoms with Gasteiger partial charge in [-0.15, -0.1) is 0 Å². The Morgan fingerprint density at radius 3 is 2.58 bits per heavy atom. The minimum Gasteiger partial charge on any atom is -0.493 e. The number of rotatable bonds is 7. The number of nitrogens with one attached hydrogen (secondary N) is 2. The molecule has 2 amide bonds. The lowest BCUT2D eigenvalue weighted by atomic mass is 10.2. The number of amides is 2. The Kier molecular flexibility index (Phi) is 6.37. The first-order chi connectivity index (χ1) is 14.6. The molecular formula is C20H23N3O7S. The van der Waals surface area contributed by atoms with Crippen molar-refractivity contribution >= 4 is 33.2 Å². The molecule has 0 atom stereocenters. The highest BCUT2D eigenvalue weighted by Gasteiger charge is 2.28. The van der Waals surface area contributed by atoms with Gasteiger partial charge in [-0.05, 0) is 30.7 Å². The number of benzene rings is 2. The molecule has 0 aliphatic carbocycles. The molecule has 0 unspecified atom stereocenters. The number of hydrogen-bond acceptors (Lipinski definition) is 7. The van der Waals surface area contributed by atoms with Crippen molar-refractivity contribution in [1.29, 1.82) is 0 Å². The van der Waals surface area contributed by atoms with Gasteiger partial charge in [-0.2, -0.15) is 4.31 Å². The van der Waals surface area contributed by atoms with Crippen molar-refractivity contribution in [3.8, 4) is 17.2 Å². The zero-order valence-electron chi connectivity index (χ0n) is 17.5. The molecular weight excluding hydrogens is 426 g/mol. The maximum Gasteiger partial charge on any atom is 0.262 e. The zero-order chi connectivity index (χ0) is 22.8. The van der Waals surface area contributed by atoms with Crippen molar-refractivity contribution in [2.24, 2.45) is 0 Å². The molecule has 10 nitrogen and oxygen atoms in total. The van der Waals surface area contributed by atoms with Crippen LogP contribution in [0.15, 0.2) is 35.2 Å². The van der Waals surface area contributed by atoms with Crippen LogP contribution in [0.2, 0.25) is 0 Å². The number of aryl methyl sites for hydroxylation is 1. The lowest BCUT2D eigenvalue weighted by Crippen LogP contribution is -2.35. The average molecular weight is 449 g/mol. The van der Waals surface area contributed by atoms with E-state index in [0.29, 0.717) is 28.4 Å². The fraction of sp³-hybridized carbons (Fsp3) is 0.300. The van der Waals surface area contributed by atoms with E-state index in [1.54, 1.807) is 25.1 Å². The SMILES string of the molecule is COc1ccc(NC(=O)CN(C)S(=O)(=O)c2cc3c(cc2C)NC(=O)CO3)cc1OC. The highest BCUT2D eigenvalue weighted by Crippen LogP contribution is 2.34. The van der Waals surface area contributed by atoms with E-state index in [2.05, 4.69) is 10.6 Å². The van der Waals surface area contributed by atoms with Gasteiger partial charge in [-0.1, -0.05) is 0 Å². The van der Waals surface area contributed by atoms with Gasteiger partial charge in [-0.25, -0.2) is 8.42 Å². The third-order valence-corrected chi connectivity index (χ3v) is 6.58. The first-order valence-corrected chi connectivity index (χ1v) is 10.6. The number of methoxy groups -OCH3 is 2. The largest absolute Gasteiger partial charge is 0.493 e. The van der Waals surface area contributed by atoms with Crippen LogP contribution in [0.25, 0.3) is 0 Å². The Balaban J connectivity index is 1.76. The summed E-state index contributed by atoms with van der Waals surface area (Å²) in [7, 11) is 0.288. The van der Waals surface area contributed by atoms with Crippen LogP contribution in [0.1, 0.15) is 5.56 Å². The smallest absolute Gasteiger partial charge is 0.262 e. The maximum atomic E-state index is 13.0. The highest BCUT2D eigenvalue weighted by molar-refractivity contribution is 7.89. The number of hydrogen-bond donors (Lipinski definition) is 2. The third-order valence-electron chi connectivity index (χ3n) is 4.63. The number of sulfonamides is 1. The molecule has 1 heterocycles. The van der Waals surface area contributed by atoms with Gasteiger partial charge >= 0.3 is 0 Å². The minimum atomic E-state index is -3.99. The minimum absolute atomic E-state index is 0.0104. The zero-order valence-corrected chi connectivity index (χ0v) is 18.3. The fourth-order valence-corrected chi connectivity index (χ4v) is 4.41. The van der Waals surface area contributed by atoms with Gasteiger partial charge in [0, 0.05) is 24.9 Å². The van der Waals surface area contributed by atoms with E-state index in [0.717, 1.165) is 4.31 Å². The molecule has 11 heteroatoms. The second kappa shape index (κ2) is 8.82. The van der Waals surface area contributed by atoms with Crippen LogP contribution in [0.4, 0.5) is 11.4 Å². The number of likely N-dealkylation sites (N-methyl/N-ethyl adjacent to an activating group) is 1. The molecule has 0 saturated carbocycles. The molecule has 1 aliphatic heterocycles. The van der Waals surface area contributed by atoms with Gasteiger partial charge in [0.1, 0.15) is 5.75 Å². The van der Waals surface area contributed by atoms with E-state index >= 15 is 0 Å². The molecule has 0 fully saturated rings. The Morgan fingerprint density at radius 1 is 1.19 bits per heavy atom. The topological polar surface area (TPSA) is 123 Å². The molecule has 2 aromatic rings. The summed E-state index contributed by atoms with van der Waals surface area (Å²) in [5.41, 5.74) is 1.25. The van der Waals surface area contributed by atoms with Crippen molar-refractivity contribution < 1.29 is 32.2 Å². The van der Waals surface area contributed by atoms with Crippen LogP contribution < -0.4 is 24.8 Å². The second-order valence-corrected chi connectivity index (χ2v) is 8.84. The molecule has 2 aromatic carbocycles. The predicted octanol–water partition coefficient (Wildman–Crippen LogP) is 1.60. The van der Waals surface area contributed by atoms with Gasteiger partial charge in [0.05, 0.1) is 31.3 Å². The lowest BCUT2D eigenvalue weighted by molar-refractivity contribution is -0.118. The quantitative estimate of drug-likeness (QED) is 0.658. The molecule has 2 N–H and O–H groups in total. The molecule has 0 spiro atoms. The molecule has 0 radical (unpaired) electrons. The number of carbonyl (C=O) groups excluding carboxylic acids is 2. The summed E-state index contributed by atoms with van der Waals surface area (Å²) < 4.78 is 42.7. The maximum absolute atomic E-state index is 13.0. The first-order valence-electron chi connectivity index (χ1n) is 9.21. The van der Waals surface area contributed by atoms with E-state index in [1.807, 2.05) is 0 Å². The average Bonchev–Trinajstić information content (AvgIpc) is 2.72. The summed E-state index contributed by atoms with van der Waals surface area (Å²) >= 11 is 0. The number of anilines is 2. The van der Waals surface area contributed by atoms with E-state index < -0.39 is 22.5 Å². The molecule has 0 aromatic heterocycles. The van der Waals surface area contributed by atoms with Crippen molar-refractivity contribution in [2.75, 3.05) is 45.1 Å². The number of fused-ring (bicyclic) bond motifs is 1. The van der Waals surface area contributed by atoms with Crippen LogP contribution >= 0.6 is 0 Å².